The summed E-state index contributed by atoms with van der Waals surface area (Å²) in [5, 5.41) is 10.4. The van der Waals surface area contributed by atoms with Crippen LogP contribution in [0.2, 0.25) is 5.02 Å². The summed E-state index contributed by atoms with van der Waals surface area (Å²) in [4.78, 5) is 33.8. The number of carbonyl (C=O) groups excluding carboxylic acids is 2. The first kappa shape index (κ1) is 23.2. The maximum absolute atomic E-state index is 13.4. The monoisotopic (exact) mass is 499 g/mol. The van der Waals surface area contributed by atoms with Crippen LogP contribution >= 0.6 is 35.8 Å². The first-order valence-corrected chi connectivity index (χ1v) is 11.5. The van der Waals surface area contributed by atoms with Crippen molar-refractivity contribution in [1.29, 1.82) is 5.26 Å². The third-order valence-corrected chi connectivity index (χ3v) is 6.99. The van der Waals surface area contributed by atoms with Crippen LogP contribution in [0, 0.1) is 11.3 Å². The highest BCUT2D eigenvalue weighted by Crippen LogP contribution is 2.38. The van der Waals surface area contributed by atoms with Gasteiger partial charge in [-0.1, -0.05) is 41.6 Å². The minimum atomic E-state index is -0.205. The summed E-state index contributed by atoms with van der Waals surface area (Å²) in [6, 6.07) is 16.6. The van der Waals surface area contributed by atoms with Gasteiger partial charge in [-0.25, -0.2) is 4.98 Å². The molecule has 1 atom stereocenters. The number of imidazole rings is 1. The normalized spacial score (nSPS) is 17.3. The third kappa shape index (κ3) is 4.32. The second kappa shape index (κ2) is 9.48. The van der Waals surface area contributed by atoms with Crippen molar-refractivity contribution in [3.8, 4) is 6.07 Å². The van der Waals surface area contributed by atoms with Crippen LogP contribution in [0.25, 0.3) is 0 Å². The van der Waals surface area contributed by atoms with E-state index >= 15 is 0 Å². The Kier molecular flexibility index (Phi) is 6.66. The number of fused-ring (bicyclic) bond motifs is 1. The van der Waals surface area contributed by atoms with E-state index in [-0.39, 0.29) is 36.8 Å². The van der Waals surface area contributed by atoms with Gasteiger partial charge in [0.2, 0.25) is 5.91 Å². The predicted molar refractivity (Wildman–Crippen MR) is 129 cm³/mol. The standard InChI is InChI=1S/C23H18ClN5O2S.ClH/c24-17-2-1-3-18(10-17)28-9-8-27(13-21(28)30)22(31)19-12-26-23-29(19)20(14-32-23)16-6-4-15(11-25)5-7-16;/h1-7,10,12,20H,8-9,13-14H2;1H/t20-;/m1./s1. The van der Waals surface area contributed by atoms with Gasteiger partial charge < -0.3 is 14.4 Å². The van der Waals surface area contributed by atoms with Crippen molar-refractivity contribution in [3.05, 3.63) is 76.6 Å². The molecule has 0 N–H and O–H groups in total. The Balaban J connectivity index is 0.00000259. The van der Waals surface area contributed by atoms with Gasteiger partial charge in [-0.2, -0.15) is 5.26 Å². The number of aromatic nitrogens is 2. The number of thioether (sulfide) groups is 1. The van der Waals surface area contributed by atoms with Crippen LogP contribution in [-0.2, 0) is 4.79 Å². The Hall–Kier alpha value is -2.99. The molecule has 0 spiro atoms. The number of hydrogen-bond donors (Lipinski definition) is 0. The number of benzene rings is 2. The van der Waals surface area contributed by atoms with E-state index in [2.05, 4.69) is 11.1 Å². The van der Waals surface area contributed by atoms with E-state index in [0.29, 0.717) is 29.4 Å². The number of piperazine rings is 1. The zero-order valence-electron chi connectivity index (χ0n) is 17.3. The zero-order chi connectivity index (χ0) is 22.2. The molecule has 3 aromatic rings. The molecular weight excluding hydrogens is 481 g/mol. The van der Waals surface area contributed by atoms with Gasteiger partial charge in [0.1, 0.15) is 12.2 Å². The molecule has 0 saturated carbocycles. The molecule has 5 rings (SSSR count). The van der Waals surface area contributed by atoms with Crippen LogP contribution in [0.4, 0.5) is 5.69 Å². The summed E-state index contributed by atoms with van der Waals surface area (Å²) >= 11 is 7.66. The number of nitriles is 1. The van der Waals surface area contributed by atoms with Gasteiger partial charge in [-0.15, -0.1) is 12.4 Å². The number of anilines is 1. The smallest absolute Gasteiger partial charge is 0.272 e. The lowest BCUT2D eigenvalue weighted by atomic mass is 10.1. The van der Waals surface area contributed by atoms with E-state index in [1.807, 2.05) is 22.8 Å². The van der Waals surface area contributed by atoms with Gasteiger partial charge in [-0.3, -0.25) is 9.59 Å². The van der Waals surface area contributed by atoms with Gasteiger partial charge in [-0.05, 0) is 35.9 Å². The summed E-state index contributed by atoms with van der Waals surface area (Å²) in [7, 11) is 0. The van der Waals surface area contributed by atoms with Crippen LogP contribution in [0.3, 0.4) is 0 Å². The molecule has 33 heavy (non-hydrogen) atoms. The molecule has 0 aliphatic carbocycles. The molecule has 2 aliphatic heterocycles. The van der Waals surface area contributed by atoms with Crippen LogP contribution in [-0.4, -0.2) is 51.7 Å². The van der Waals surface area contributed by atoms with Crippen LogP contribution < -0.4 is 4.90 Å². The summed E-state index contributed by atoms with van der Waals surface area (Å²) < 4.78 is 1.95. The fourth-order valence-corrected chi connectivity index (χ4v) is 5.41. The Bertz CT molecular complexity index is 1250. The summed E-state index contributed by atoms with van der Waals surface area (Å²) in [5.74, 6) is 0.409. The molecule has 0 radical (unpaired) electrons. The van der Waals surface area contributed by atoms with Gasteiger partial charge in [0.15, 0.2) is 5.16 Å². The Labute approximate surface area is 206 Å². The number of nitrogens with zero attached hydrogens (tertiary/aromatic N) is 5. The average Bonchev–Trinajstić information content (AvgIpc) is 3.41. The summed E-state index contributed by atoms with van der Waals surface area (Å²) in [6.45, 7) is 0.826. The van der Waals surface area contributed by atoms with Crippen molar-refractivity contribution < 1.29 is 9.59 Å². The van der Waals surface area contributed by atoms with Crippen molar-refractivity contribution >= 4 is 53.3 Å². The van der Waals surface area contributed by atoms with Gasteiger partial charge >= 0.3 is 0 Å². The van der Waals surface area contributed by atoms with Crippen molar-refractivity contribution in [3.63, 3.8) is 0 Å². The fourth-order valence-electron chi connectivity index (χ4n) is 4.09. The minimum Gasteiger partial charge on any atom is -0.326 e. The Morgan fingerprint density at radius 2 is 1.97 bits per heavy atom. The maximum atomic E-state index is 13.4. The van der Waals surface area contributed by atoms with Crippen LogP contribution in [0.1, 0.15) is 27.7 Å². The second-order valence-corrected chi connectivity index (χ2v) is 9.03. The number of halogens is 2. The molecule has 1 aromatic heterocycles. The zero-order valence-corrected chi connectivity index (χ0v) is 19.7. The Morgan fingerprint density at radius 3 is 2.67 bits per heavy atom. The molecule has 3 heterocycles. The van der Waals surface area contributed by atoms with Crippen molar-refractivity contribution in [2.24, 2.45) is 0 Å². The van der Waals surface area contributed by atoms with Gasteiger partial charge in [0, 0.05) is 29.6 Å². The first-order valence-electron chi connectivity index (χ1n) is 10.1. The SMILES string of the molecule is Cl.N#Cc1ccc([C@H]2CSc3ncc(C(=O)N4CCN(c5cccc(Cl)c5)C(=O)C4)n32)cc1. The van der Waals surface area contributed by atoms with E-state index in [0.717, 1.165) is 22.2 Å². The Morgan fingerprint density at radius 1 is 1.18 bits per heavy atom. The van der Waals surface area contributed by atoms with Crippen molar-refractivity contribution in [2.75, 3.05) is 30.3 Å². The molecule has 2 amide bonds. The molecule has 168 valence electrons. The molecule has 0 bridgehead atoms. The highest BCUT2D eigenvalue weighted by molar-refractivity contribution is 7.99. The summed E-state index contributed by atoms with van der Waals surface area (Å²) in [6.07, 6.45) is 1.59. The van der Waals surface area contributed by atoms with Crippen molar-refractivity contribution in [1.82, 2.24) is 14.5 Å². The van der Waals surface area contributed by atoms with E-state index in [4.69, 9.17) is 16.9 Å². The number of rotatable bonds is 3. The highest BCUT2D eigenvalue weighted by atomic mass is 35.5. The number of amides is 2. The number of carbonyl (C=O) groups is 2. The van der Waals surface area contributed by atoms with Gasteiger partial charge in [0.25, 0.3) is 5.91 Å². The first-order chi connectivity index (χ1) is 15.5. The predicted octanol–water partition coefficient (Wildman–Crippen LogP) is 4.01. The quantitative estimate of drug-likeness (QED) is 0.543. The van der Waals surface area contributed by atoms with Crippen LogP contribution in [0.15, 0.2) is 59.9 Å². The molecular formula is C23H19Cl2N5O2S. The fraction of sp³-hybridized carbons (Fsp3) is 0.217. The second-order valence-electron chi connectivity index (χ2n) is 7.61. The topological polar surface area (TPSA) is 82.2 Å². The van der Waals surface area contributed by atoms with Crippen LogP contribution in [0.5, 0.6) is 0 Å². The van der Waals surface area contributed by atoms with E-state index in [1.165, 1.54) is 0 Å². The van der Waals surface area contributed by atoms with Gasteiger partial charge in [0.05, 0.1) is 23.9 Å². The lowest BCUT2D eigenvalue weighted by molar-refractivity contribution is -0.120. The summed E-state index contributed by atoms with van der Waals surface area (Å²) in [5.41, 5.74) is 2.82. The lowest BCUT2D eigenvalue weighted by Crippen LogP contribution is -2.52. The third-order valence-electron chi connectivity index (χ3n) is 5.72. The van der Waals surface area contributed by atoms with E-state index < -0.39 is 0 Å². The maximum Gasteiger partial charge on any atom is 0.272 e. The van der Waals surface area contributed by atoms with E-state index in [9.17, 15) is 9.59 Å². The van der Waals surface area contributed by atoms with Crippen molar-refractivity contribution in [2.45, 2.75) is 11.2 Å². The molecule has 0 unspecified atom stereocenters. The number of hydrogen-bond acceptors (Lipinski definition) is 5. The largest absolute Gasteiger partial charge is 0.326 e. The molecule has 1 fully saturated rings. The molecule has 7 nitrogen and oxygen atoms in total. The van der Waals surface area contributed by atoms with E-state index in [1.54, 1.807) is 58.1 Å². The highest BCUT2D eigenvalue weighted by Gasteiger charge is 2.34. The molecule has 2 aliphatic rings. The molecule has 10 heteroatoms. The lowest BCUT2D eigenvalue weighted by Gasteiger charge is -2.34. The molecule has 2 aromatic carbocycles. The molecule has 1 saturated heterocycles. The minimum absolute atomic E-state index is 0. The average molecular weight is 500 g/mol.